The Morgan fingerprint density at radius 1 is 1.38 bits per heavy atom. The van der Waals surface area contributed by atoms with Gasteiger partial charge in [-0.25, -0.2) is 14.3 Å². The van der Waals surface area contributed by atoms with E-state index < -0.39 is 5.97 Å². The smallest absolute Gasteiger partial charge is 0.376 e. The molecule has 7 heteroatoms. The molecule has 0 aromatic carbocycles. The third-order valence-electron chi connectivity index (χ3n) is 3.04. The van der Waals surface area contributed by atoms with E-state index in [1.54, 1.807) is 13.1 Å². The Morgan fingerprint density at radius 3 is 2.86 bits per heavy atom. The van der Waals surface area contributed by atoms with Crippen molar-refractivity contribution in [3.63, 3.8) is 0 Å². The lowest BCUT2D eigenvalue weighted by Gasteiger charge is -2.04. The third-order valence-corrected chi connectivity index (χ3v) is 3.94. The van der Waals surface area contributed by atoms with Gasteiger partial charge >= 0.3 is 5.97 Å². The van der Waals surface area contributed by atoms with Gasteiger partial charge in [-0.05, 0) is 50.0 Å². The van der Waals surface area contributed by atoms with Crippen molar-refractivity contribution in [3.8, 4) is 10.6 Å². The van der Waals surface area contributed by atoms with Crippen LogP contribution in [0.1, 0.15) is 28.8 Å². The fourth-order valence-corrected chi connectivity index (χ4v) is 2.78. The van der Waals surface area contributed by atoms with Crippen LogP contribution in [0.15, 0.2) is 18.3 Å². The van der Waals surface area contributed by atoms with Crippen LogP contribution in [-0.2, 0) is 4.74 Å². The Morgan fingerprint density at radius 2 is 2.19 bits per heavy atom. The molecule has 0 aliphatic heterocycles. The molecule has 3 aromatic rings. The minimum atomic E-state index is -0.470. The summed E-state index contributed by atoms with van der Waals surface area (Å²) in [6, 6.07) is 3.94. The Labute approximate surface area is 125 Å². The zero-order valence-corrected chi connectivity index (χ0v) is 12.8. The normalized spacial score (nSPS) is 11.0. The second-order valence-electron chi connectivity index (χ2n) is 4.64. The quantitative estimate of drug-likeness (QED) is 0.696. The number of hydrogen-bond acceptors (Lipinski definition) is 6. The molecule has 3 rings (SSSR count). The predicted molar refractivity (Wildman–Crippen MR) is 79.5 cm³/mol. The van der Waals surface area contributed by atoms with Crippen LogP contribution in [0.5, 0.6) is 0 Å². The fourth-order valence-electron chi connectivity index (χ4n) is 2.07. The van der Waals surface area contributed by atoms with Gasteiger partial charge in [-0.1, -0.05) is 0 Å². The molecule has 0 aliphatic rings. The highest BCUT2D eigenvalue weighted by atomic mass is 32.1. The Hall–Kier alpha value is -2.28. The first-order valence-electron chi connectivity index (χ1n) is 6.56. The molecule has 0 aliphatic carbocycles. The first-order valence-corrected chi connectivity index (χ1v) is 7.33. The number of rotatable bonds is 3. The van der Waals surface area contributed by atoms with Gasteiger partial charge in [0.05, 0.1) is 28.9 Å². The summed E-state index contributed by atoms with van der Waals surface area (Å²) >= 11 is 1.38. The first-order chi connectivity index (χ1) is 10.1. The van der Waals surface area contributed by atoms with Gasteiger partial charge in [0, 0.05) is 0 Å². The predicted octanol–water partition coefficient (Wildman–Crippen LogP) is 2.65. The minimum absolute atomic E-state index is 0.193. The molecule has 0 amide bonds. The summed E-state index contributed by atoms with van der Waals surface area (Å²) in [6.07, 6.45) is 1.64. The molecule has 0 atom stereocenters. The van der Waals surface area contributed by atoms with E-state index >= 15 is 0 Å². The summed E-state index contributed by atoms with van der Waals surface area (Å²) in [6.45, 7) is 5.97. The van der Waals surface area contributed by atoms with Gasteiger partial charge in [-0.15, -0.1) is 0 Å². The molecule has 0 fully saturated rings. The second-order valence-corrected chi connectivity index (χ2v) is 5.45. The molecule has 0 bridgehead atoms. The Balaban J connectivity index is 2.17. The fraction of sp³-hybridized carbons (Fsp3) is 0.286. The molecule has 6 nitrogen and oxygen atoms in total. The summed E-state index contributed by atoms with van der Waals surface area (Å²) in [5.74, 6) is -0.278. The van der Waals surface area contributed by atoms with Gasteiger partial charge in [0.25, 0.3) is 0 Å². The van der Waals surface area contributed by atoms with Gasteiger partial charge in [0.1, 0.15) is 5.69 Å². The SMILES string of the molecule is CCOC(=O)c1ncc2c(C)cc(-c3cc(C)ns3)nn12. The number of aryl methyl sites for hydroxylation is 2. The van der Waals surface area contributed by atoms with Gasteiger partial charge < -0.3 is 4.74 Å². The highest BCUT2D eigenvalue weighted by Crippen LogP contribution is 2.25. The number of fused-ring (bicyclic) bond motifs is 1. The number of nitrogens with zero attached hydrogens (tertiary/aromatic N) is 4. The van der Waals surface area contributed by atoms with E-state index in [1.807, 2.05) is 26.0 Å². The Kier molecular flexibility index (Phi) is 3.42. The van der Waals surface area contributed by atoms with E-state index in [-0.39, 0.29) is 5.82 Å². The lowest BCUT2D eigenvalue weighted by Crippen LogP contribution is -2.11. The van der Waals surface area contributed by atoms with Gasteiger partial charge in [-0.3, -0.25) is 0 Å². The molecule has 0 unspecified atom stereocenters. The van der Waals surface area contributed by atoms with Crippen molar-refractivity contribution in [1.82, 2.24) is 19.0 Å². The van der Waals surface area contributed by atoms with Crippen molar-refractivity contribution in [2.75, 3.05) is 6.61 Å². The minimum Gasteiger partial charge on any atom is -0.460 e. The van der Waals surface area contributed by atoms with Crippen LogP contribution in [-0.4, -0.2) is 31.5 Å². The highest BCUT2D eigenvalue weighted by molar-refractivity contribution is 7.09. The molecular formula is C14H14N4O2S. The first kappa shape index (κ1) is 13.7. The number of carbonyl (C=O) groups is 1. The zero-order valence-electron chi connectivity index (χ0n) is 12.0. The van der Waals surface area contributed by atoms with E-state index in [2.05, 4.69) is 14.5 Å². The van der Waals surface area contributed by atoms with E-state index in [0.29, 0.717) is 6.61 Å². The van der Waals surface area contributed by atoms with Crippen LogP contribution in [0.3, 0.4) is 0 Å². The van der Waals surface area contributed by atoms with Crippen molar-refractivity contribution in [2.24, 2.45) is 0 Å². The molecule has 108 valence electrons. The number of carbonyl (C=O) groups excluding carboxylic acids is 1. The van der Waals surface area contributed by atoms with Crippen LogP contribution >= 0.6 is 11.5 Å². The van der Waals surface area contributed by atoms with Gasteiger partial charge in [-0.2, -0.15) is 9.47 Å². The molecule has 0 saturated carbocycles. The molecule has 0 N–H and O–H groups in total. The largest absolute Gasteiger partial charge is 0.460 e. The number of esters is 1. The summed E-state index contributed by atoms with van der Waals surface area (Å²) in [7, 11) is 0. The topological polar surface area (TPSA) is 69.4 Å². The molecule has 0 spiro atoms. The average Bonchev–Trinajstić information content (AvgIpc) is 3.05. The van der Waals surface area contributed by atoms with E-state index in [0.717, 1.165) is 27.3 Å². The summed E-state index contributed by atoms with van der Waals surface area (Å²) in [5.41, 5.74) is 3.51. The van der Waals surface area contributed by atoms with Gasteiger partial charge in [0.2, 0.25) is 5.82 Å². The lowest BCUT2D eigenvalue weighted by molar-refractivity contribution is 0.0509. The van der Waals surface area contributed by atoms with Crippen LogP contribution in [0.2, 0.25) is 0 Å². The van der Waals surface area contributed by atoms with Crippen LogP contribution < -0.4 is 0 Å². The second kappa shape index (κ2) is 5.25. The Bertz CT molecular complexity index is 822. The summed E-state index contributed by atoms with van der Waals surface area (Å²) in [5, 5.41) is 4.51. The molecular weight excluding hydrogens is 288 g/mol. The highest BCUT2D eigenvalue weighted by Gasteiger charge is 2.17. The molecule has 0 saturated heterocycles. The van der Waals surface area contributed by atoms with E-state index in [9.17, 15) is 4.79 Å². The van der Waals surface area contributed by atoms with Crippen molar-refractivity contribution in [3.05, 3.63) is 35.4 Å². The third kappa shape index (κ3) is 2.40. The number of ether oxygens (including phenoxy) is 1. The maximum atomic E-state index is 11.9. The summed E-state index contributed by atoms with van der Waals surface area (Å²) in [4.78, 5) is 17.0. The van der Waals surface area contributed by atoms with E-state index in [1.165, 1.54) is 16.0 Å². The van der Waals surface area contributed by atoms with Crippen LogP contribution in [0.4, 0.5) is 0 Å². The zero-order chi connectivity index (χ0) is 15.0. The van der Waals surface area contributed by atoms with Crippen molar-refractivity contribution in [2.45, 2.75) is 20.8 Å². The maximum Gasteiger partial charge on any atom is 0.376 e. The van der Waals surface area contributed by atoms with E-state index in [4.69, 9.17) is 4.74 Å². The molecule has 3 heterocycles. The lowest BCUT2D eigenvalue weighted by atomic mass is 10.2. The van der Waals surface area contributed by atoms with Crippen molar-refractivity contribution < 1.29 is 9.53 Å². The number of imidazole rings is 1. The van der Waals surface area contributed by atoms with Crippen molar-refractivity contribution in [1.29, 1.82) is 0 Å². The monoisotopic (exact) mass is 302 g/mol. The average molecular weight is 302 g/mol. The molecule has 3 aromatic heterocycles. The maximum absolute atomic E-state index is 11.9. The van der Waals surface area contributed by atoms with Crippen LogP contribution in [0, 0.1) is 13.8 Å². The van der Waals surface area contributed by atoms with Gasteiger partial charge in [0.15, 0.2) is 0 Å². The molecule has 21 heavy (non-hydrogen) atoms. The number of aromatic nitrogens is 4. The summed E-state index contributed by atoms with van der Waals surface area (Å²) < 4.78 is 10.8. The van der Waals surface area contributed by atoms with Crippen LogP contribution in [0.25, 0.3) is 16.1 Å². The number of hydrogen-bond donors (Lipinski definition) is 0. The standard InChI is InChI=1S/C14H14N4O2S/c1-4-20-14(19)13-15-7-11-8(2)5-10(16-18(11)13)12-6-9(3)17-21-12/h5-7H,4H2,1-3H3. The van der Waals surface area contributed by atoms with Crippen molar-refractivity contribution >= 4 is 23.0 Å². The molecule has 0 radical (unpaired) electrons.